The Hall–Kier alpha value is -3.06. The maximum atomic E-state index is 13.3. The molecule has 0 aliphatic heterocycles. The van der Waals surface area contributed by atoms with E-state index in [2.05, 4.69) is 23.9 Å². The van der Waals surface area contributed by atoms with Gasteiger partial charge in [0.2, 0.25) is 0 Å². The summed E-state index contributed by atoms with van der Waals surface area (Å²) in [5, 5.41) is 14.3. The number of para-hydroxylation sites is 1. The van der Waals surface area contributed by atoms with E-state index in [1.165, 1.54) is 12.1 Å². The number of carboxylic acid groups (broad SMARTS) is 1. The number of carbonyl (C=O) groups is 1. The Kier molecular flexibility index (Phi) is 7.75. The number of carboxylic acids is 1. The summed E-state index contributed by atoms with van der Waals surface area (Å²) in [6.45, 7) is 4.98. The highest BCUT2D eigenvalue weighted by Crippen LogP contribution is 2.30. The lowest BCUT2D eigenvalue weighted by atomic mass is 9.99. The number of nitrogens with one attached hydrogen (secondary N) is 2. The topological polar surface area (TPSA) is 95.5 Å². The fourth-order valence-electron chi connectivity index (χ4n) is 3.83. The summed E-state index contributed by atoms with van der Waals surface area (Å²) in [7, 11) is -4.02. The SMILES string of the molecule is CCCCC(CC)CNc1ccccc1S(=O)(=O)Nc1ccc2ccccc2c1C(=O)O. The minimum absolute atomic E-state index is 0.0420. The fourth-order valence-corrected chi connectivity index (χ4v) is 5.09. The molecular formula is C25H30N2O4S. The smallest absolute Gasteiger partial charge is 0.338 e. The minimum Gasteiger partial charge on any atom is -0.478 e. The molecule has 0 fully saturated rings. The van der Waals surface area contributed by atoms with Crippen LogP contribution in [0.5, 0.6) is 0 Å². The largest absolute Gasteiger partial charge is 0.478 e. The molecule has 0 aromatic heterocycles. The van der Waals surface area contributed by atoms with Crippen LogP contribution in [0.3, 0.4) is 0 Å². The van der Waals surface area contributed by atoms with Gasteiger partial charge in [-0.25, -0.2) is 13.2 Å². The average Bonchev–Trinajstić information content (AvgIpc) is 2.78. The number of hydrogen-bond acceptors (Lipinski definition) is 4. The number of fused-ring (bicyclic) bond motifs is 1. The number of benzene rings is 3. The van der Waals surface area contributed by atoms with Crippen molar-refractivity contribution in [3.63, 3.8) is 0 Å². The van der Waals surface area contributed by atoms with Gasteiger partial charge in [0, 0.05) is 6.54 Å². The number of unbranched alkanes of at least 4 members (excludes halogenated alkanes) is 1. The summed E-state index contributed by atoms with van der Waals surface area (Å²) >= 11 is 0. The van der Waals surface area contributed by atoms with Crippen LogP contribution in [0.15, 0.2) is 65.6 Å². The summed E-state index contributed by atoms with van der Waals surface area (Å²) in [5.74, 6) is -0.731. The van der Waals surface area contributed by atoms with Crippen molar-refractivity contribution in [2.45, 2.75) is 44.4 Å². The van der Waals surface area contributed by atoms with Crippen molar-refractivity contribution in [3.05, 3.63) is 66.2 Å². The Morgan fingerprint density at radius 2 is 1.69 bits per heavy atom. The van der Waals surface area contributed by atoms with E-state index in [0.717, 1.165) is 31.1 Å². The van der Waals surface area contributed by atoms with E-state index in [-0.39, 0.29) is 16.1 Å². The van der Waals surface area contributed by atoms with Gasteiger partial charge in [0.05, 0.1) is 16.9 Å². The van der Waals surface area contributed by atoms with Crippen LogP contribution in [0, 0.1) is 5.92 Å². The summed E-state index contributed by atoms with van der Waals surface area (Å²) in [6.07, 6.45) is 4.37. The van der Waals surface area contributed by atoms with Crippen LogP contribution in [0.25, 0.3) is 10.8 Å². The van der Waals surface area contributed by atoms with Crippen molar-refractivity contribution in [2.24, 2.45) is 5.92 Å². The van der Waals surface area contributed by atoms with Crippen LogP contribution in [0.2, 0.25) is 0 Å². The third-order valence-corrected chi connectivity index (χ3v) is 7.11. The predicted molar refractivity (Wildman–Crippen MR) is 130 cm³/mol. The Labute approximate surface area is 189 Å². The molecule has 0 amide bonds. The van der Waals surface area contributed by atoms with Crippen LogP contribution in [-0.4, -0.2) is 26.0 Å². The first kappa shape index (κ1) is 23.6. The highest BCUT2D eigenvalue weighted by atomic mass is 32.2. The van der Waals surface area contributed by atoms with Crippen molar-refractivity contribution < 1.29 is 18.3 Å². The molecule has 0 aliphatic carbocycles. The van der Waals surface area contributed by atoms with E-state index in [0.29, 0.717) is 23.5 Å². The molecule has 1 atom stereocenters. The molecule has 0 bridgehead atoms. The molecule has 3 aromatic carbocycles. The van der Waals surface area contributed by atoms with Crippen molar-refractivity contribution in [1.29, 1.82) is 0 Å². The lowest BCUT2D eigenvalue weighted by Crippen LogP contribution is -2.19. The van der Waals surface area contributed by atoms with Gasteiger partial charge in [-0.1, -0.05) is 75.6 Å². The maximum absolute atomic E-state index is 13.3. The fraction of sp³-hybridized carbons (Fsp3) is 0.320. The number of aromatic carboxylic acids is 1. The third kappa shape index (κ3) is 5.40. The standard InChI is InChI=1S/C25H30N2O4S/c1-3-5-10-18(4-2)17-26-21-13-8-9-14-23(21)32(30,31)27-22-16-15-19-11-6-7-12-20(19)24(22)25(28)29/h6-9,11-16,18,26-27H,3-5,10,17H2,1-2H3,(H,28,29). The first-order valence-corrected chi connectivity index (χ1v) is 12.5. The van der Waals surface area contributed by atoms with Gasteiger partial charge >= 0.3 is 5.97 Å². The van der Waals surface area contributed by atoms with Gasteiger partial charge in [0.1, 0.15) is 4.90 Å². The lowest BCUT2D eigenvalue weighted by molar-refractivity contribution is 0.0700. The molecule has 6 nitrogen and oxygen atoms in total. The van der Waals surface area contributed by atoms with E-state index < -0.39 is 16.0 Å². The molecule has 3 aromatic rings. The first-order chi connectivity index (χ1) is 15.4. The van der Waals surface area contributed by atoms with Gasteiger partial charge in [0.25, 0.3) is 10.0 Å². The Morgan fingerprint density at radius 1 is 0.969 bits per heavy atom. The van der Waals surface area contributed by atoms with Gasteiger partial charge < -0.3 is 10.4 Å². The Morgan fingerprint density at radius 3 is 2.41 bits per heavy atom. The summed E-state index contributed by atoms with van der Waals surface area (Å²) in [5.41, 5.74) is 0.482. The molecule has 3 rings (SSSR count). The minimum atomic E-state index is -4.02. The zero-order chi connectivity index (χ0) is 23.1. The highest BCUT2D eigenvalue weighted by Gasteiger charge is 2.23. The third-order valence-electron chi connectivity index (χ3n) is 5.69. The number of rotatable bonds is 11. The predicted octanol–water partition coefficient (Wildman–Crippen LogP) is 5.97. The molecule has 0 spiro atoms. The van der Waals surface area contributed by atoms with Crippen molar-refractivity contribution in [1.82, 2.24) is 0 Å². The van der Waals surface area contributed by atoms with Crippen molar-refractivity contribution in [3.8, 4) is 0 Å². The van der Waals surface area contributed by atoms with E-state index in [9.17, 15) is 18.3 Å². The van der Waals surface area contributed by atoms with Gasteiger partial charge in [-0.05, 0) is 41.3 Å². The summed E-state index contributed by atoms with van der Waals surface area (Å²) < 4.78 is 29.1. The molecule has 0 saturated heterocycles. The molecule has 0 heterocycles. The molecule has 0 saturated carbocycles. The number of anilines is 2. The summed E-state index contributed by atoms with van der Waals surface area (Å²) in [6, 6.07) is 16.9. The maximum Gasteiger partial charge on any atom is 0.338 e. The van der Waals surface area contributed by atoms with Crippen molar-refractivity contribution >= 4 is 38.1 Å². The number of sulfonamides is 1. The molecular weight excluding hydrogens is 424 g/mol. The molecule has 0 radical (unpaired) electrons. The second-order valence-corrected chi connectivity index (χ2v) is 9.56. The Bertz CT molecular complexity index is 1190. The molecule has 32 heavy (non-hydrogen) atoms. The molecule has 170 valence electrons. The van der Waals surface area contributed by atoms with Crippen LogP contribution in [0.1, 0.15) is 49.9 Å². The van der Waals surface area contributed by atoms with Gasteiger partial charge in [-0.3, -0.25) is 4.72 Å². The molecule has 1 unspecified atom stereocenters. The van der Waals surface area contributed by atoms with E-state index in [4.69, 9.17) is 0 Å². The normalized spacial score (nSPS) is 12.4. The van der Waals surface area contributed by atoms with Gasteiger partial charge in [0.15, 0.2) is 0 Å². The van der Waals surface area contributed by atoms with Crippen LogP contribution < -0.4 is 10.0 Å². The second-order valence-electron chi connectivity index (χ2n) is 7.91. The highest BCUT2D eigenvalue weighted by molar-refractivity contribution is 7.92. The molecule has 7 heteroatoms. The van der Waals surface area contributed by atoms with Crippen LogP contribution in [-0.2, 0) is 10.0 Å². The quantitative estimate of drug-likeness (QED) is 0.332. The average molecular weight is 455 g/mol. The van der Waals surface area contributed by atoms with E-state index >= 15 is 0 Å². The zero-order valence-electron chi connectivity index (χ0n) is 18.5. The summed E-state index contributed by atoms with van der Waals surface area (Å²) in [4.78, 5) is 12.1. The van der Waals surface area contributed by atoms with Gasteiger partial charge in [-0.2, -0.15) is 0 Å². The van der Waals surface area contributed by atoms with Crippen LogP contribution >= 0.6 is 0 Å². The second kappa shape index (κ2) is 10.5. The van der Waals surface area contributed by atoms with Crippen LogP contribution in [0.4, 0.5) is 11.4 Å². The Balaban J connectivity index is 1.91. The van der Waals surface area contributed by atoms with E-state index in [1.807, 2.05) is 6.07 Å². The molecule has 3 N–H and O–H groups in total. The lowest BCUT2D eigenvalue weighted by Gasteiger charge is -2.19. The number of hydrogen-bond donors (Lipinski definition) is 3. The van der Waals surface area contributed by atoms with Crippen molar-refractivity contribution in [2.75, 3.05) is 16.6 Å². The first-order valence-electron chi connectivity index (χ1n) is 11.0. The van der Waals surface area contributed by atoms with E-state index in [1.54, 1.807) is 42.5 Å². The zero-order valence-corrected chi connectivity index (χ0v) is 19.3. The monoisotopic (exact) mass is 454 g/mol. The van der Waals surface area contributed by atoms with Gasteiger partial charge in [-0.15, -0.1) is 0 Å². The molecule has 0 aliphatic rings.